The van der Waals surface area contributed by atoms with Gasteiger partial charge < -0.3 is 15.0 Å². The Balaban J connectivity index is 1.86. The Kier molecular flexibility index (Phi) is 5.97. The maximum Gasteiger partial charge on any atom is 0.144 e. The number of pyridine rings is 1. The summed E-state index contributed by atoms with van der Waals surface area (Å²) < 4.78 is 5.54. The first-order chi connectivity index (χ1) is 10.2. The number of aromatic nitrogens is 1. The van der Waals surface area contributed by atoms with Gasteiger partial charge in [-0.15, -0.1) is 0 Å². The summed E-state index contributed by atoms with van der Waals surface area (Å²) in [6.07, 6.45) is 4.46. The minimum absolute atomic E-state index is 0.622. The first-order valence-corrected chi connectivity index (χ1v) is 7.60. The SMILES string of the molecule is CN(C)CCOCCNc1nc2c(cc1C#N)CCCC2. The molecule has 1 heterocycles. The molecule has 21 heavy (non-hydrogen) atoms. The highest BCUT2D eigenvalue weighted by atomic mass is 16.5. The Bertz CT molecular complexity index is 508. The van der Waals surface area contributed by atoms with E-state index in [0.29, 0.717) is 24.5 Å². The lowest BCUT2D eigenvalue weighted by atomic mass is 9.95. The molecular weight excluding hydrogens is 264 g/mol. The zero-order valence-corrected chi connectivity index (χ0v) is 13.0. The highest BCUT2D eigenvalue weighted by Gasteiger charge is 2.14. The van der Waals surface area contributed by atoms with Crippen LogP contribution in [-0.2, 0) is 17.6 Å². The maximum atomic E-state index is 9.26. The van der Waals surface area contributed by atoms with Crippen LogP contribution in [0.25, 0.3) is 0 Å². The minimum atomic E-state index is 0.622. The van der Waals surface area contributed by atoms with Crippen molar-refractivity contribution in [1.29, 1.82) is 5.26 Å². The Hall–Kier alpha value is -1.64. The third kappa shape index (κ3) is 4.69. The largest absolute Gasteiger partial charge is 0.378 e. The summed E-state index contributed by atoms with van der Waals surface area (Å²) in [5.41, 5.74) is 3.03. The van der Waals surface area contributed by atoms with E-state index in [0.717, 1.165) is 31.7 Å². The molecule has 5 heteroatoms. The fourth-order valence-corrected chi connectivity index (χ4v) is 2.44. The highest BCUT2D eigenvalue weighted by Crippen LogP contribution is 2.24. The van der Waals surface area contributed by atoms with Gasteiger partial charge >= 0.3 is 0 Å². The van der Waals surface area contributed by atoms with Crippen LogP contribution >= 0.6 is 0 Å². The Morgan fingerprint density at radius 1 is 1.33 bits per heavy atom. The summed E-state index contributed by atoms with van der Waals surface area (Å²) in [5, 5.41) is 12.5. The second-order valence-electron chi connectivity index (χ2n) is 5.65. The molecule has 114 valence electrons. The van der Waals surface area contributed by atoms with Gasteiger partial charge in [0.1, 0.15) is 11.9 Å². The summed E-state index contributed by atoms with van der Waals surface area (Å²) in [5.74, 6) is 0.703. The molecule has 0 fully saturated rings. The lowest BCUT2D eigenvalue weighted by molar-refractivity contribution is 0.126. The molecule has 0 spiro atoms. The molecule has 0 saturated carbocycles. The number of nitrogens with one attached hydrogen (secondary N) is 1. The third-order valence-corrected chi connectivity index (χ3v) is 3.64. The topological polar surface area (TPSA) is 61.2 Å². The normalized spacial score (nSPS) is 13.8. The predicted molar refractivity (Wildman–Crippen MR) is 83.5 cm³/mol. The third-order valence-electron chi connectivity index (χ3n) is 3.64. The van der Waals surface area contributed by atoms with Crippen LogP contribution in [0.3, 0.4) is 0 Å². The van der Waals surface area contributed by atoms with Crippen molar-refractivity contribution in [2.45, 2.75) is 25.7 Å². The fourth-order valence-electron chi connectivity index (χ4n) is 2.44. The second-order valence-corrected chi connectivity index (χ2v) is 5.65. The van der Waals surface area contributed by atoms with Crippen molar-refractivity contribution in [3.63, 3.8) is 0 Å². The van der Waals surface area contributed by atoms with Crippen molar-refractivity contribution < 1.29 is 4.74 Å². The van der Waals surface area contributed by atoms with E-state index in [2.05, 4.69) is 21.3 Å². The summed E-state index contributed by atoms with van der Waals surface area (Å²) in [6, 6.07) is 4.24. The van der Waals surface area contributed by atoms with Gasteiger partial charge in [0.15, 0.2) is 0 Å². The number of nitrogens with zero attached hydrogens (tertiary/aromatic N) is 3. The molecule has 0 unspecified atom stereocenters. The average Bonchev–Trinajstić information content (AvgIpc) is 2.49. The van der Waals surface area contributed by atoms with Crippen molar-refractivity contribution in [2.24, 2.45) is 0 Å². The fraction of sp³-hybridized carbons (Fsp3) is 0.625. The summed E-state index contributed by atoms with van der Waals surface area (Å²) >= 11 is 0. The number of nitriles is 1. The van der Waals surface area contributed by atoms with Gasteiger partial charge in [-0.25, -0.2) is 4.98 Å². The van der Waals surface area contributed by atoms with E-state index in [-0.39, 0.29) is 0 Å². The van der Waals surface area contributed by atoms with Gasteiger partial charge in [0.05, 0.1) is 18.8 Å². The Morgan fingerprint density at radius 2 is 2.14 bits per heavy atom. The zero-order chi connectivity index (χ0) is 15.1. The molecule has 0 atom stereocenters. The van der Waals surface area contributed by atoms with Crippen LogP contribution in [-0.4, -0.2) is 50.3 Å². The van der Waals surface area contributed by atoms with Gasteiger partial charge in [0, 0.05) is 18.8 Å². The van der Waals surface area contributed by atoms with E-state index in [1.54, 1.807) is 0 Å². The number of likely N-dealkylation sites (N-methyl/N-ethyl adjacent to an activating group) is 1. The van der Waals surface area contributed by atoms with Gasteiger partial charge in [-0.3, -0.25) is 0 Å². The van der Waals surface area contributed by atoms with E-state index < -0.39 is 0 Å². The molecule has 5 nitrogen and oxygen atoms in total. The number of hydrogen-bond acceptors (Lipinski definition) is 5. The first kappa shape index (κ1) is 15.7. The van der Waals surface area contributed by atoms with E-state index in [4.69, 9.17) is 4.74 Å². The Labute approximate surface area is 126 Å². The van der Waals surface area contributed by atoms with Crippen molar-refractivity contribution in [2.75, 3.05) is 45.7 Å². The van der Waals surface area contributed by atoms with Crippen molar-refractivity contribution in [1.82, 2.24) is 9.88 Å². The van der Waals surface area contributed by atoms with Crippen LogP contribution < -0.4 is 5.32 Å². The number of ether oxygens (including phenoxy) is 1. The number of aryl methyl sites for hydroxylation is 2. The monoisotopic (exact) mass is 288 g/mol. The van der Waals surface area contributed by atoms with E-state index in [1.165, 1.54) is 18.4 Å². The molecule has 0 radical (unpaired) electrons. The zero-order valence-electron chi connectivity index (χ0n) is 13.0. The van der Waals surface area contributed by atoms with Crippen LogP contribution in [0.15, 0.2) is 6.07 Å². The molecule has 1 aromatic heterocycles. The minimum Gasteiger partial charge on any atom is -0.378 e. The number of hydrogen-bond donors (Lipinski definition) is 1. The maximum absolute atomic E-state index is 9.26. The predicted octanol–water partition coefficient (Wildman–Crippen LogP) is 1.82. The Morgan fingerprint density at radius 3 is 2.90 bits per heavy atom. The molecule has 1 aliphatic rings. The average molecular weight is 288 g/mol. The van der Waals surface area contributed by atoms with Crippen LogP contribution in [0, 0.1) is 11.3 Å². The smallest absolute Gasteiger partial charge is 0.144 e. The molecule has 0 saturated heterocycles. The van der Waals surface area contributed by atoms with E-state index in [1.807, 2.05) is 20.2 Å². The summed E-state index contributed by atoms with van der Waals surface area (Å²) in [6.45, 7) is 2.93. The van der Waals surface area contributed by atoms with Crippen LogP contribution in [0.4, 0.5) is 5.82 Å². The molecule has 0 bridgehead atoms. The van der Waals surface area contributed by atoms with Crippen LogP contribution in [0.5, 0.6) is 0 Å². The van der Waals surface area contributed by atoms with Gasteiger partial charge in [-0.2, -0.15) is 5.26 Å². The van der Waals surface area contributed by atoms with Crippen LogP contribution in [0.1, 0.15) is 29.7 Å². The quantitative estimate of drug-likeness (QED) is 0.776. The van der Waals surface area contributed by atoms with E-state index in [9.17, 15) is 5.26 Å². The second kappa shape index (κ2) is 7.96. The van der Waals surface area contributed by atoms with Gasteiger partial charge in [0.25, 0.3) is 0 Å². The van der Waals surface area contributed by atoms with Crippen molar-refractivity contribution >= 4 is 5.82 Å². The van der Waals surface area contributed by atoms with Gasteiger partial charge in [0.2, 0.25) is 0 Å². The van der Waals surface area contributed by atoms with Crippen LogP contribution in [0.2, 0.25) is 0 Å². The lowest BCUT2D eigenvalue weighted by Crippen LogP contribution is -2.20. The lowest BCUT2D eigenvalue weighted by Gasteiger charge is -2.17. The molecular formula is C16H24N4O. The molecule has 0 aromatic carbocycles. The standard InChI is InChI=1S/C16H24N4O/c1-20(2)8-10-21-9-7-18-16-14(12-17)11-13-5-3-4-6-15(13)19-16/h11H,3-10H2,1-2H3,(H,18,19). The molecule has 0 amide bonds. The van der Waals surface area contributed by atoms with Gasteiger partial charge in [-0.05, 0) is 51.4 Å². The number of anilines is 1. The van der Waals surface area contributed by atoms with E-state index >= 15 is 0 Å². The summed E-state index contributed by atoms with van der Waals surface area (Å²) in [7, 11) is 4.05. The number of rotatable bonds is 7. The highest BCUT2D eigenvalue weighted by molar-refractivity contribution is 5.54. The molecule has 0 aliphatic heterocycles. The first-order valence-electron chi connectivity index (χ1n) is 7.60. The van der Waals surface area contributed by atoms with Crippen molar-refractivity contribution in [3.05, 3.63) is 22.9 Å². The molecule has 1 N–H and O–H groups in total. The number of fused-ring (bicyclic) bond motifs is 1. The molecule has 1 aliphatic carbocycles. The van der Waals surface area contributed by atoms with Crippen molar-refractivity contribution in [3.8, 4) is 6.07 Å². The summed E-state index contributed by atoms with van der Waals surface area (Å²) in [4.78, 5) is 6.72. The molecule has 1 aromatic rings. The van der Waals surface area contributed by atoms with Gasteiger partial charge in [-0.1, -0.05) is 0 Å². The molecule has 2 rings (SSSR count).